The maximum absolute atomic E-state index is 12.7. The Labute approximate surface area is 143 Å². The Balaban J connectivity index is 2.00. The Kier molecular flexibility index (Phi) is 3.46. The molecule has 1 amide bonds. The molecule has 2 aliphatic heterocycles. The van der Waals surface area contributed by atoms with Crippen molar-refractivity contribution in [1.29, 1.82) is 0 Å². The van der Waals surface area contributed by atoms with Crippen LogP contribution in [-0.2, 0) is 9.59 Å². The molecule has 0 spiro atoms. The minimum Gasteiger partial charge on any atom is -0.481 e. The molecule has 1 fully saturated rings. The van der Waals surface area contributed by atoms with Gasteiger partial charge in [-0.15, -0.1) is 0 Å². The molecule has 2 aliphatic rings. The predicted octanol–water partition coefficient (Wildman–Crippen LogP) is 3.97. The normalized spacial score (nSPS) is 21.9. The van der Waals surface area contributed by atoms with Gasteiger partial charge < -0.3 is 15.3 Å². The van der Waals surface area contributed by atoms with Crippen molar-refractivity contribution in [1.82, 2.24) is 0 Å². The van der Waals surface area contributed by atoms with Crippen LogP contribution in [0.4, 0.5) is 17.1 Å². The largest absolute Gasteiger partial charge is 0.481 e. The van der Waals surface area contributed by atoms with Crippen molar-refractivity contribution in [3.63, 3.8) is 0 Å². The van der Waals surface area contributed by atoms with Gasteiger partial charge in [0.25, 0.3) is 0 Å². The minimum absolute atomic E-state index is 0.0838. The SMILES string of the molecule is O=C(O)[C@H]1CCC(=O)N2c3cc(Cl)ccc3Nc3ccccc3[C@@H]12. The fraction of sp³-hybridized carbons (Fsp3) is 0.222. The highest BCUT2D eigenvalue weighted by molar-refractivity contribution is 6.31. The minimum atomic E-state index is -0.891. The van der Waals surface area contributed by atoms with Gasteiger partial charge in [0, 0.05) is 17.1 Å². The summed E-state index contributed by atoms with van der Waals surface area (Å²) in [5.41, 5.74) is 2.99. The molecule has 0 aromatic heterocycles. The van der Waals surface area contributed by atoms with Crippen LogP contribution in [0.3, 0.4) is 0 Å². The molecule has 5 nitrogen and oxygen atoms in total. The van der Waals surface area contributed by atoms with E-state index in [1.165, 1.54) is 0 Å². The van der Waals surface area contributed by atoms with Crippen LogP contribution < -0.4 is 10.2 Å². The van der Waals surface area contributed by atoms with Crippen LogP contribution >= 0.6 is 11.6 Å². The molecular weight excluding hydrogens is 328 g/mol. The van der Waals surface area contributed by atoms with E-state index in [-0.39, 0.29) is 12.3 Å². The predicted molar refractivity (Wildman–Crippen MR) is 91.8 cm³/mol. The molecule has 2 N–H and O–H groups in total. The number of hydrogen-bond acceptors (Lipinski definition) is 3. The first-order chi connectivity index (χ1) is 11.6. The monoisotopic (exact) mass is 342 g/mol. The second-order valence-corrected chi connectivity index (χ2v) is 6.50. The van der Waals surface area contributed by atoms with Crippen LogP contribution in [0.15, 0.2) is 42.5 Å². The van der Waals surface area contributed by atoms with Crippen LogP contribution in [0, 0.1) is 5.92 Å². The molecule has 2 aromatic rings. The number of anilines is 3. The van der Waals surface area contributed by atoms with Gasteiger partial charge in [0.1, 0.15) is 0 Å². The van der Waals surface area contributed by atoms with Crippen molar-refractivity contribution in [2.45, 2.75) is 18.9 Å². The quantitative estimate of drug-likeness (QED) is 0.822. The lowest BCUT2D eigenvalue weighted by Crippen LogP contribution is -2.45. The second-order valence-electron chi connectivity index (χ2n) is 6.07. The highest BCUT2D eigenvalue weighted by atomic mass is 35.5. The van der Waals surface area contributed by atoms with E-state index in [9.17, 15) is 14.7 Å². The van der Waals surface area contributed by atoms with Crippen molar-refractivity contribution < 1.29 is 14.7 Å². The van der Waals surface area contributed by atoms with Crippen LogP contribution in [0.2, 0.25) is 5.02 Å². The second kappa shape index (κ2) is 5.53. The Bertz CT molecular complexity index is 852. The Hall–Kier alpha value is -2.53. The van der Waals surface area contributed by atoms with E-state index < -0.39 is 17.9 Å². The first kappa shape index (κ1) is 15.0. The van der Waals surface area contributed by atoms with Gasteiger partial charge in [0.15, 0.2) is 0 Å². The molecule has 0 aliphatic carbocycles. The van der Waals surface area contributed by atoms with Gasteiger partial charge in [-0.3, -0.25) is 9.59 Å². The number of nitrogens with zero attached hydrogens (tertiary/aromatic N) is 1. The lowest BCUT2D eigenvalue weighted by atomic mass is 9.83. The first-order valence-electron chi connectivity index (χ1n) is 7.76. The van der Waals surface area contributed by atoms with Crippen molar-refractivity contribution in [3.05, 3.63) is 53.1 Å². The van der Waals surface area contributed by atoms with E-state index >= 15 is 0 Å². The molecular formula is C18H15ClN2O3. The molecule has 0 saturated carbocycles. The van der Waals surface area contributed by atoms with Gasteiger partial charge in [0.05, 0.1) is 23.3 Å². The molecule has 6 heteroatoms. The first-order valence-corrected chi connectivity index (χ1v) is 8.14. The summed E-state index contributed by atoms with van der Waals surface area (Å²) in [6, 6.07) is 12.2. The van der Waals surface area contributed by atoms with Gasteiger partial charge in [-0.2, -0.15) is 0 Å². The zero-order valence-electron chi connectivity index (χ0n) is 12.7. The van der Waals surface area contributed by atoms with Gasteiger partial charge in [0.2, 0.25) is 5.91 Å². The molecule has 2 aromatic carbocycles. The van der Waals surface area contributed by atoms with Crippen molar-refractivity contribution in [2.75, 3.05) is 10.2 Å². The molecule has 0 unspecified atom stereocenters. The summed E-state index contributed by atoms with van der Waals surface area (Å²) in [4.78, 5) is 26.1. The molecule has 0 bridgehead atoms. The number of carboxylic acid groups (broad SMARTS) is 1. The third-order valence-electron chi connectivity index (χ3n) is 4.68. The standard InChI is InChI=1S/C18H15ClN2O3/c19-10-5-7-14-15(9-10)21-16(22)8-6-12(18(23)24)17(21)11-3-1-2-4-13(11)20-14/h1-5,7,9,12,17,20H,6,8H2,(H,23,24)/t12-,17-/m0/s1. The number of fused-ring (bicyclic) bond motifs is 5. The number of carbonyl (C=O) groups excluding carboxylic acids is 1. The van der Waals surface area contributed by atoms with Gasteiger partial charge in [-0.25, -0.2) is 0 Å². The fourth-order valence-corrected chi connectivity index (χ4v) is 3.78. The Morgan fingerprint density at radius 2 is 2.00 bits per heavy atom. The summed E-state index contributed by atoms with van der Waals surface area (Å²) in [5.74, 6) is -1.63. The summed E-state index contributed by atoms with van der Waals surface area (Å²) in [5, 5.41) is 13.5. The molecule has 4 rings (SSSR count). The summed E-state index contributed by atoms with van der Waals surface area (Å²) < 4.78 is 0. The highest BCUT2D eigenvalue weighted by Gasteiger charge is 2.44. The number of piperidine rings is 1. The zero-order chi connectivity index (χ0) is 16.8. The highest BCUT2D eigenvalue weighted by Crippen LogP contribution is 2.48. The van der Waals surface area contributed by atoms with E-state index in [4.69, 9.17) is 11.6 Å². The Morgan fingerprint density at radius 1 is 1.21 bits per heavy atom. The number of aliphatic carboxylic acids is 1. The molecule has 24 heavy (non-hydrogen) atoms. The zero-order valence-corrected chi connectivity index (χ0v) is 13.5. The number of amides is 1. The third-order valence-corrected chi connectivity index (χ3v) is 4.92. The average molecular weight is 343 g/mol. The van der Waals surface area contributed by atoms with E-state index in [1.54, 1.807) is 17.0 Å². The number of carboxylic acids is 1. The molecule has 122 valence electrons. The van der Waals surface area contributed by atoms with Gasteiger partial charge in [-0.1, -0.05) is 29.8 Å². The molecule has 2 atom stereocenters. The van der Waals surface area contributed by atoms with E-state index in [0.29, 0.717) is 17.1 Å². The van der Waals surface area contributed by atoms with Crippen molar-refractivity contribution >= 4 is 40.5 Å². The summed E-state index contributed by atoms with van der Waals surface area (Å²) in [7, 11) is 0. The smallest absolute Gasteiger partial charge is 0.308 e. The molecule has 1 saturated heterocycles. The summed E-state index contributed by atoms with van der Waals surface area (Å²) in [6.45, 7) is 0. The van der Waals surface area contributed by atoms with Crippen LogP contribution in [0.5, 0.6) is 0 Å². The van der Waals surface area contributed by atoms with E-state index in [0.717, 1.165) is 16.9 Å². The molecule has 2 heterocycles. The lowest BCUT2D eigenvalue weighted by Gasteiger charge is -2.39. The van der Waals surface area contributed by atoms with Crippen LogP contribution in [0.25, 0.3) is 0 Å². The molecule has 0 radical (unpaired) electrons. The average Bonchev–Trinajstić information content (AvgIpc) is 2.70. The van der Waals surface area contributed by atoms with Crippen LogP contribution in [0.1, 0.15) is 24.4 Å². The Morgan fingerprint density at radius 3 is 2.79 bits per heavy atom. The number of nitrogens with one attached hydrogen (secondary N) is 1. The topological polar surface area (TPSA) is 69.6 Å². The maximum Gasteiger partial charge on any atom is 0.308 e. The van der Waals surface area contributed by atoms with Crippen molar-refractivity contribution in [2.24, 2.45) is 5.92 Å². The van der Waals surface area contributed by atoms with E-state index in [1.807, 2.05) is 30.3 Å². The van der Waals surface area contributed by atoms with Crippen molar-refractivity contribution in [3.8, 4) is 0 Å². The van der Waals surface area contributed by atoms with E-state index in [2.05, 4.69) is 5.32 Å². The number of rotatable bonds is 1. The van der Waals surface area contributed by atoms with Gasteiger partial charge >= 0.3 is 5.97 Å². The lowest BCUT2D eigenvalue weighted by molar-refractivity contribution is -0.144. The fourth-order valence-electron chi connectivity index (χ4n) is 3.61. The number of hydrogen-bond donors (Lipinski definition) is 2. The maximum atomic E-state index is 12.7. The number of carbonyl (C=O) groups is 2. The van der Waals surface area contributed by atoms with Crippen LogP contribution in [-0.4, -0.2) is 17.0 Å². The number of halogens is 1. The summed E-state index contributed by atoms with van der Waals surface area (Å²) >= 11 is 6.14. The third kappa shape index (κ3) is 2.24. The summed E-state index contributed by atoms with van der Waals surface area (Å²) in [6.07, 6.45) is 0.543. The number of para-hydroxylation sites is 1. The van der Waals surface area contributed by atoms with Gasteiger partial charge in [-0.05, 0) is 36.2 Å². The number of benzene rings is 2.